The first kappa shape index (κ1) is 3.40. The van der Waals surface area contributed by atoms with Crippen LogP contribution in [0.1, 0.15) is 8.29 Å². The molecule has 0 aromatic heterocycles. The molecule has 0 amide bonds. The number of ether oxygens (including phenoxy) is 1. The fraction of sp³-hybridized carbons (Fsp3) is 0.250. The Kier molecular flexibility index (Phi) is 1.39. The highest BCUT2D eigenvalue weighted by atomic mass is 16.5. The minimum absolute atomic E-state index is 0.312. The summed E-state index contributed by atoms with van der Waals surface area (Å²) in [5, 5.41) is 0. The van der Waals surface area contributed by atoms with Crippen molar-refractivity contribution in [2.24, 2.45) is 0 Å². The summed E-state index contributed by atoms with van der Waals surface area (Å²) >= 11 is 0. The molecule has 0 unspecified atom stereocenters. The zero-order chi connectivity index (χ0) is 5.86. The first-order valence-corrected chi connectivity index (χ1v) is 1.47. The lowest BCUT2D eigenvalue weighted by molar-refractivity contribution is -0.135. The van der Waals surface area contributed by atoms with Gasteiger partial charge in [-0.25, -0.2) is 0 Å². The van der Waals surface area contributed by atoms with Crippen LogP contribution in [0, 0.1) is 0 Å². The molecule has 2 nitrogen and oxygen atoms in total. The zero-order valence-corrected chi connectivity index (χ0v) is 3.52. The van der Waals surface area contributed by atoms with Gasteiger partial charge in [0.2, 0.25) is 0 Å². The molecule has 0 saturated carbocycles. The predicted octanol–water partition coefficient (Wildman–Crippen LogP) is 0.693. The molecule has 0 aliphatic heterocycles. The van der Waals surface area contributed by atoms with E-state index in [1.807, 2.05) is 0 Å². The van der Waals surface area contributed by atoms with E-state index in [1.165, 1.54) is 6.92 Å². The monoisotopic (exact) mass is 87.0 g/mol. The van der Waals surface area contributed by atoms with Crippen LogP contribution in [0.15, 0.2) is 12.8 Å². The summed E-state index contributed by atoms with van der Waals surface area (Å²) in [6.45, 7) is 4.24. The van der Waals surface area contributed by atoms with E-state index in [0.717, 1.165) is 0 Å². The standard InChI is InChI=1S/C4H6O2/c1-3-6-4(2)5/h3H,1H2,2H3/i3D. The molecule has 0 atom stereocenters. The molecule has 6 heavy (non-hydrogen) atoms. The van der Waals surface area contributed by atoms with Crippen LogP contribution in [0.4, 0.5) is 0 Å². The summed E-state index contributed by atoms with van der Waals surface area (Å²) in [6.07, 6.45) is -0.312. The van der Waals surface area contributed by atoms with Crippen LogP contribution >= 0.6 is 0 Å². The largest absolute Gasteiger partial charge is 0.435 e. The molecule has 0 aliphatic carbocycles. The third kappa shape index (κ3) is 3.21. The molecule has 0 aliphatic rings. The van der Waals surface area contributed by atoms with Crippen molar-refractivity contribution in [2.75, 3.05) is 0 Å². The van der Waals surface area contributed by atoms with Gasteiger partial charge >= 0.3 is 5.97 Å². The lowest BCUT2D eigenvalue weighted by Crippen LogP contribution is -1.87. The van der Waals surface area contributed by atoms with E-state index in [-0.39, 0.29) is 6.24 Å². The highest BCUT2D eigenvalue weighted by Crippen LogP contribution is 1.70. The minimum Gasteiger partial charge on any atom is -0.435 e. The quantitative estimate of drug-likeness (QED) is 0.347. The summed E-state index contributed by atoms with van der Waals surface area (Å²) in [5.74, 6) is -0.500. The normalized spacial score (nSPS) is 9.17. The third-order valence-electron chi connectivity index (χ3n) is 0.216. The Balaban J connectivity index is 3.32. The van der Waals surface area contributed by atoms with Gasteiger partial charge in [0.1, 0.15) is 1.37 Å². The average Bonchev–Trinajstić information content (AvgIpc) is 1.27. The predicted molar refractivity (Wildman–Crippen MR) is 22.0 cm³/mol. The van der Waals surface area contributed by atoms with E-state index in [0.29, 0.717) is 0 Å². The fourth-order valence-electron chi connectivity index (χ4n) is 0.102. The van der Waals surface area contributed by atoms with Crippen LogP contribution < -0.4 is 0 Å². The maximum absolute atomic E-state index is 9.85. The van der Waals surface area contributed by atoms with Gasteiger partial charge in [0, 0.05) is 6.92 Å². The van der Waals surface area contributed by atoms with Crippen LogP contribution in [-0.2, 0) is 9.53 Å². The minimum atomic E-state index is -0.500. The van der Waals surface area contributed by atoms with Gasteiger partial charge in [0.25, 0.3) is 0 Å². The first-order chi connectivity index (χ1) is 3.13. The van der Waals surface area contributed by atoms with Crippen molar-refractivity contribution < 1.29 is 10.9 Å². The maximum atomic E-state index is 9.85. The van der Waals surface area contributed by atoms with E-state index in [2.05, 4.69) is 11.3 Å². The van der Waals surface area contributed by atoms with Crippen LogP contribution in [0.3, 0.4) is 0 Å². The molecule has 0 spiro atoms. The summed E-state index contributed by atoms with van der Waals surface area (Å²) < 4.78 is 10.6. The topological polar surface area (TPSA) is 26.3 Å². The van der Waals surface area contributed by atoms with Crippen molar-refractivity contribution in [3.8, 4) is 0 Å². The summed E-state index contributed by atoms with van der Waals surface area (Å²) in [5.41, 5.74) is 0. The molecule has 0 N–H and O–H groups in total. The van der Waals surface area contributed by atoms with Crippen LogP contribution in [0.25, 0.3) is 0 Å². The van der Waals surface area contributed by atoms with E-state index in [1.54, 1.807) is 0 Å². The van der Waals surface area contributed by atoms with E-state index >= 15 is 0 Å². The SMILES string of the molecule is [2H]C(=C)OC(C)=O. The van der Waals surface area contributed by atoms with Gasteiger partial charge < -0.3 is 4.74 Å². The lowest BCUT2D eigenvalue weighted by atomic mass is 10.8. The van der Waals surface area contributed by atoms with Gasteiger partial charge in [0.15, 0.2) is 0 Å². The van der Waals surface area contributed by atoms with Crippen molar-refractivity contribution in [1.82, 2.24) is 0 Å². The molecule has 34 valence electrons. The molecule has 0 aromatic rings. The van der Waals surface area contributed by atoms with Crippen LogP contribution in [0.2, 0.25) is 0 Å². The average molecular weight is 87.1 g/mol. The molecular formula is C4H6O2. The van der Waals surface area contributed by atoms with Gasteiger partial charge in [0.05, 0.1) is 6.24 Å². The molecule has 2 heteroatoms. The summed E-state index contributed by atoms with van der Waals surface area (Å²) in [4.78, 5) is 9.85. The number of rotatable bonds is 1. The highest BCUT2D eigenvalue weighted by molar-refractivity contribution is 5.66. The van der Waals surface area contributed by atoms with E-state index in [9.17, 15) is 4.79 Å². The Labute approximate surface area is 37.8 Å². The van der Waals surface area contributed by atoms with E-state index in [4.69, 9.17) is 1.37 Å². The number of carbonyl (C=O) groups is 1. The molecule has 0 radical (unpaired) electrons. The van der Waals surface area contributed by atoms with Crippen LogP contribution in [-0.4, -0.2) is 5.97 Å². The highest BCUT2D eigenvalue weighted by Gasteiger charge is 1.79. The smallest absolute Gasteiger partial charge is 0.307 e. The maximum Gasteiger partial charge on any atom is 0.307 e. The van der Waals surface area contributed by atoms with Crippen molar-refractivity contribution in [3.05, 3.63) is 12.8 Å². The fourth-order valence-corrected chi connectivity index (χ4v) is 0.102. The molecule has 0 saturated heterocycles. The van der Waals surface area contributed by atoms with Crippen molar-refractivity contribution in [2.45, 2.75) is 6.92 Å². The number of carbonyl (C=O) groups excluding carboxylic acids is 1. The molecule has 0 fully saturated rings. The second-order valence-corrected chi connectivity index (χ2v) is 0.738. The number of hydrogen-bond acceptors (Lipinski definition) is 2. The van der Waals surface area contributed by atoms with Gasteiger partial charge in [-0.05, 0) is 0 Å². The summed E-state index contributed by atoms with van der Waals surface area (Å²) in [7, 11) is 0. The van der Waals surface area contributed by atoms with Gasteiger partial charge in [-0.2, -0.15) is 0 Å². The Hall–Kier alpha value is -0.790. The Bertz CT molecular complexity index is 85.9. The molecular weight excluding hydrogens is 80.0 g/mol. The third-order valence-corrected chi connectivity index (χ3v) is 0.216. The first-order valence-electron chi connectivity index (χ1n) is 1.97. The molecule has 0 bridgehead atoms. The van der Waals surface area contributed by atoms with Gasteiger partial charge in [-0.15, -0.1) is 0 Å². The number of esters is 1. The second kappa shape index (κ2) is 2.45. The van der Waals surface area contributed by atoms with Crippen molar-refractivity contribution >= 4 is 5.97 Å². The summed E-state index contributed by atoms with van der Waals surface area (Å²) in [6, 6.07) is 0. The van der Waals surface area contributed by atoms with E-state index < -0.39 is 5.97 Å². The Morgan fingerprint density at radius 3 is 2.83 bits per heavy atom. The zero-order valence-electron chi connectivity index (χ0n) is 4.52. The van der Waals surface area contributed by atoms with Crippen molar-refractivity contribution in [1.29, 1.82) is 0 Å². The molecule has 0 heterocycles. The second-order valence-electron chi connectivity index (χ2n) is 0.738. The van der Waals surface area contributed by atoms with Crippen LogP contribution in [0.5, 0.6) is 0 Å². The van der Waals surface area contributed by atoms with Crippen molar-refractivity contribution in [3.63, 3.8) is 0 Å². The Morgan fingerprint density at radius 1 is 2.33 bits per heavy atom. The number of hydrogen-bond donors (Lipinski definition) is 0. The molecule has 0 rings (SSSR count). The lowest BCUT2D eigenvalue weighted by Gasteiger charge is -1.83. The van der Waals surface area contributed by atoms with Gasteiger partial charge in [-0.3, -0.25) is 4.79 Å². The van der Waals surface area contributed by atoms with Gasteiger partial charge in [-0.1, -0.05) is 6.58 Å². The Morgan fingerprint density at radius 2 is 2.83 bits per heavy atom. The molecule has 0 aromatic carbocycles.